The Labute approximate surface area is 115 Å². The molecule has 1 saturated carbocycles. The average molecular weight is 279 g/mol. The summed E-state index contributed by atoms with van der Waals surface area (Å²) in [6, 6.07) is 0. The van der Waals surface area contributed by atoms with Crippen LogP contribution in [0.4, 0.5) is 0 Å². The van der Waals surface area contributed by atoms with Crippen LogP contribution < -0.4 is 5.73 Å². The fraction of sp³-hybridized carbons (Fsp3) is 0.538. The highest BCUT2D eigenvalue weighted by Gasteiger charge is 2.51. The lowest BCUT2D eigenvalue weighted by Gasteiger charge is -2.28. The van der Waals surface area contributed by atoms with Gasteiger partial charge in [0, 0.05) is 30.7 Å². The number of carbonyl (C=O) groups excluding carboxylic acids is 1. The summed E-state index contributed by atoms with van der Waals surface area (Å²) in [7, 11) is 1.43. The molecular weight excluding hydrogens is 262 g/mol. The van der Waals surface area contributed by atoms with Crippen LogP contribution in [0, 0.1) is 11.3 Å². The van der Waals surface area contributed by atoms with Crippen molar-refractivity contribution in [1.82, 2.24) is 9.38 Å². The van der Waals surface area contributed by atoms with E-state index in [9.17, 15) is 4.79 Å². The molecule has 3 rings (SSSR count). The zero-order valence-electron chi connectivity index (χ0n) is 10.8. The first-order valence-electron chi connectivity index (χ1n) is 6.39. The number of nitrogens with two attached hydrogens (primary N) is 1. The lowest BCUT2D eigenvalue weighted by molar-refractivity contribution is -0.153. The van der Waals surface area contributed by atoms with Gasteiger partial charge < -0.3 is 10.5 Å². The highest BCUT2D eigenvalue weighted by atomic mass is 32.1. The smallest absolute Gasteiger partial charge is 0.313 e. The van der Waals surface area contributed by atoms with Crippen molar-refractivity contribution in [2.45, 2.75) is 19.3 Å². The van der Waals surface area contributed by atoms with Crippen LogP contribution >= 0.6 is 11.3 Å². The highest BCUT2D eigenvalue weighted by molar-refractivity contribution is 7.15. The summed E-state index contributed by atoms with van der Waals surface area (Å²) in [5.41, 5.74) is 6.22. The van der Waals surface area contributed by atoms with Gasteiger partial charge in [-0.05, 0) is 18.8 Å². The molecule has 0 saturated heterocycles. The topological polar surface area (TPSA) is 69.6 Å². The Bertz CT molecular complexity index is 573. The molecule has 1 atom stereocenters. The molecule has 0 amide bonds. The molecule has 2 aromatic heterocycles. The summed E-state index contributed by atoms with van der Waals surface area (Å²) in [6.07, 6.45) is 6.61. The number of hydrogen-bond acceptors (Lipinski definition) is 5. The Morgan fingerprint density at radius 3 is 3.05 bits per heavy atom. The van der Waals surface area contributed by atoms with Crippen LogP contribution in [-0.4, -0.2) is 29.0 Å². The van der Waals surface area contributed by atoms with E-state index in [1.165, 1.54) is 7.11 Å². The molecular formula is C13H17N3O2S. The van der Waals surface area contributed by atoms with E-state index in [0.717, 1.165) is 23.5 Å². The monoisotopic (exact) mass is 279 g/mol. The number of rotatable bonds is 5. The van der Waals surface area contributed by atoms with Crippen molar-refractivity contribution in [3.8, 4) is 0 Å². The molecule has 1 aliphatic rings. The van der Waals surface area contributed by atoms with Crippen molar-refractivity contribution in [2.75, 3.05) is 13.7 Å². The van der Waals surface area contributed by atoms with Crippen LogP contribution in [0.1, 0.15) is 18.5 Å². The second kappa shape index (κ2) is 4.61. The third kappa shape index (κ3) is 2.04. The Kier molecular flexibility index (Phi) is 3.06. The number of aromatic nitrogens is 2. The van der Waals surface area contributed by atoms with Crippen LogP contribution in [0.25, 0.3) is 4.96 Å². The van der Waals surface area contributed by atoms with Gasteiger partial charge in [0.05, 0.1) is 18.2 Å². The van der Waals surface area contributed by atoms with Crippen LogP contribution in [0.2, 0.25) is 0 Å². The Hall–Kier alpha value is -1.40. The molecule has 0 spiro atoms. The number of esters is 1. The van der Waals surface area contributed by atoms with Crippen LogP contribution in [-0.2, 0) is 16.0 Å². The quantitative estimate of drug-likeness (QED) is 0.841. The van der Waals surface area contributed by atoms with Crippen molar-refractivity contribution in [3.63, 3.8) is 0 Å². The number of imidazole rings is 1. The third-order valence-electron chi connectivity index (χ3n) is 3.95. The summed E-state index contributed by atoms with van der Waals surface area (Å²) < 4.78 is 6.96. The van der Waals surface area contributed by atoms with E-state index in [4.69, 9.17) is 10.5 Å². The minimum atomic E-state index is -0.598. The molecule has 2 heterocycles. The van der Waals surface area contributed by atoms with Gasteiger partial charge in [-0.15, -0.1) is 11.3 Å². The SMILES string of the molecule is COC(=O)C(CN)(Cc1cn2ccsc2n1)C1CC1. The van der Waals surface area contributed by atoms with Crippen LogP contribution in [0.3, 0.4) is 0 Å². The summed E-state index contributed by atoms with van der Waals surface area (Å²) in [5, 5.41) is 1.99. The summed E-state index contributed by atoms with van der Waals surface area (Å²) in [6.45, 7) is 0.315. The Balaban J connectivity index is 1.92. The van der Waals surface area contributed by atoms with Gasteiger partial charge in [0.2, 0.25) is 0 Å². The number of methoxy groups -OCH3 is 1. The summed E-state index contributed by atoms with van der Waals surface area (Å²) in [5.74, 6) is 0.138. The van der Waals surface area contributed by atoms with E-state index in [-0.39, 0.29) is 5.97 Å². The highest BCUT2D eigenvalue weighted by Crippen LogP contribution is 2.47. The van der Waals surface area contributed by atoms with Crippen molar-refractivity contribution >= 4 is 22.3 Å². The second-order valence-electron chi connectivity index (χ2n) is 5.13. The van der Waals surface area contributed by atoms with E-state index in [0.29, 0.717) is 18.9 Å². The van der Waals surface area contributed by atoms with E-state index in [1.54, 1.807) is 11.3 Å². The molecule has 0 aliphatic heterocycles. The number of thiazole rings is 1. The van der Waals surface area contributed by atoms with Crippen LogP contribution in [0.5, 0.6) is 0 Å². The fourth-order valence-corrected chi connectivity index (χ4v) is 3.45. The molecule has 19 heavy (non-hydrogen) atoms. The number of hydrogen-bond donors (Lipinski definition) is 1. The first-order chi connectivity index (χ1) is 9.19. The Morgan fingerprint density at radius 1 is 1.68 bits per heavy atom. The maximum absolute atomic E-state index is 12.2. The van der Waals surface area contributed by atoms with Gasteiger partial charge in [0.25, 0.3) is 0 Å². The molecule has 5 nitrogen and oxygen atoms in total. The van der Waals surface area contributed by atoms with Crippen molar-refractivity contribution < 1.29 is 9.53 Å². The molecule has 102 valence electrons. The van der Waals surface area contributed by atoms with Crippen LogP contribution in [0.15, 0.2) is 17.8 Å². The molecule has 6 heteroatoms. The summed E-state index contributed by atoms with van der Waals surface area (Å²) in [4.78, 5) is 17.7. The van der Waals surface area contributed by atoms with E-state index < -0.39 is 5.41 Å². The maximum Gasteiger partial charge on any atom is 0.313 e. The number of carbonyl (C=O) groups is 1. The van der Waals surface area contributed by atoms with Gasteiger partial charge in [0.15, 0.2) is 4.96 Å². The number of nitrogens with zero attached hydrogens (tertiary/aromatic N) is 2. The van der Waals surface area contributed by atoms with Crippen molar-refractivity contribution in [1.29, 1.82) is 0 Å². The second-order valence-corrected chi connectivity index (χ2v) is 6.00. The molecule has 2 aromatic rings. The lowest BCUT2D eigenvalue weighted by Crippen LogP contribution is -2.43. The van der Waals surface area contributed by atoms with E-state index in [1.807, 2.05) is 22.2 Å². The normalized spacial score (nSPS) is 18.4. The molecule has 1 fully saturated rings. The van der Waals surface area contributed by atoms with Gasteiger partial charge in [-0.1, -0.05) is 0 Å². The molecule has 1 aliphatic carbocycles. The third-order valence-corrected chi connectivity index (χ3v) is 4.73. The predicted octanol–water partition coefficient (Wildman–Crippen LogP) is 1.47. The fourth-order valence-electron chi connectivity index (χ4n) is 2.73. The maximum atomic E-state index is 12.2. The molecule has 0 aromatic carbocycles. The standard InChI is InChI=1S/C13H17N3O2S/c1-18-11(17)13(8-14,9-2-3-9)6-10-7-16-4-5-19-12(16)15-10/h4-5,7,9H,2-3,6,8,14H2,1H3. The van der Waals surface area contributed by atoms with Crippen molar-refractivity contribution in [2.24, 2.45) is 17.1 Å². The zero-order valence-corrected chi connectivity index (χ0v) is 11.7. The van der Waals surface area contributed by atoms with Gasteiger partial charge in [-0.2, -0.15) is 0 Å². The largest absolute Gasteiger partial charge is 0.469 e. The van der Waals surface area contributed by atoms with Crippen molar-refractivity contribution in [3.05, 3.63) is 23.5 Å². The minimum absolute atomic E-state index is 0.200. The average Bonchev–Trinajstić information content (AvgIpc) is 3.07. The van der Waals surface area contributed by atoms with Gasteiger partial charge in [-0.3, -0.25) is 9.20 Å². The minimum Gasteiger partial charge on any atom is -0.469 e. The van der Waals surface area contributed by atoms with Gasteiger partial charge >= 0.3 is 5.97 Å². The lowest BCUT2D eigenvalue weighted by atomic mass is 9.78. The molecule has 2 N–H and O–H groups in total. The van der Waals surface area contributed by atoms with Gasteiger partial charge in [0.1, 0.15) is 0 Å². The first-order valence-corrected chi connectivity index (χ1v) is 7.27. The molecule has 1 unspecified atom stereocenters. The number of fused-ring (bicyclic) bond motifs is 1. The first kappa shape index (κ1) is 12.6. The Morgan fingerprint density at radius 2 is 2.47 bits per heavy atom. The van der Waals surface area contributed by atoms with Gasteiger partial charge in [-0.25, -0.2) is 4.98 Å². The zero-order chi connectivity index (χ0) is 13.5. The summed E-state index contributed by atoms with van der Waals surface area (Å²) >= 11 is 1.58. The number of ether oxygens (including phenoxy) is 1. The molecule has 0 bridgehead atoms. The predicted molar refractivity (Wildman–Crippen MR) is 73.0 cm³/mol. The van der Waals surface area contributed by atoms with E-state index >= 15 is 0 Å². The van der Waals surface area contributed by atoms with E-state index in [2.05, 4.69) is 4.98 Å². The molecule has 0 radical (unpaired) electrons.